The molecule has 1 saturated heterocycles. The zero-order chi connectivity index (χ0) is 15.1. The summed E-state index contributed by atoms with van der Waals surface area (Å²) in [4.78, 5) is 13.6. The van der Waals surface area contributed by atoms with Crippen LogP contribution in [0.3, 0.4) is 0 Å². The summed E-state index contributed by atoms with van der Waals surface area (Å²) in [6, 6.07) is 3.36. The van der Waals surface area contributed by atoms with Crippen LogP contribution in [-0.4, -0.2) is 26.6 Å². The Kier molecular flexibility index (Phi) is 4.80. The largest absolute Gasteiger partial charge is 0.310 e. The first kappa shape index (κ1) is 16.2. The average Bonchev–Trinajstić information content (AvgIpc) is 2.55. The molecule has 2 N–H and O–H groups in total. The van der Waals surface area contributed by atoms with E-state index in [0.717, 1.165) is 0 Å². The Morgan fingerprint density at radius 2 is 1.90 bits per heavy atom. The smallest absolute Gasteiger partial charge is 0.227 e. The van der Waals surface area contributed by atoms with Crippen molar-refractivity contribution in [3.8, 4) is 0 Å². The highest BCUT2D eigenvalue weighted by Gasteiger charge is 2.34. The van der Waals surface area contributed by atoms with Crippen molar-refractivity contribution in [1.29, 1.82) is 0 Å². The van der Waals surface area contributed by atoms with Crippen LogP contribution in [0.25, 0.3) is 0 Å². The maximum Gasteiger partial charge on any atom is 0.227 e. The van der Waals surface area contributed by atoms with Gasteiger partial charge in [0, 0.05) is 32.9 Å². The van der Waals surface area contributed by atoms with Crippen LogP contribution in [0.15, 0.2) is 21.1 Å². The number of carbonyl (C=O) groups is 1. The molecular formula is C11H11Br2ClN2O3S. The molecule has 1 aliphatic rings. The summed E-state index contributed by atoms with van der Waals surface area (Å²) in [7, 11) is -3.59. The van der Waals surface area contributed by atoms with Gasteiger partial charge in [-0.2, -0.15) is 0 Å². The van der Waals surface area contributed by atoms with Crippen LogP contribution in [0.2, 0.25) is 5.02 Å². The number of anilines is 1. The van der Waals surface area contributed by atoms with Gasteiger partial charge in [-0.3, -0.25) is 4.79 Å². The van der Waals surface area contributed by atoms with Gasteiger partial charge in [-0.1, -0.05) is 11.6 Å². The minimum atomic E-state index is -3.59. The Bertz CT molecular complexity index is 643. The first-order valence-electron chi connectivity index (χ1n) is 5.63. The van der Waals surface area contributed by atoms with Crippen molar-refractivity contribution in [2.75, 3.05) is 17.2 Å². The number of halogens is 3. The van der Waals surface area contributed by atoms with Crippen LogP contribution >= 0.6 is 43.5 Å². The fraction of sp³-hybridized carbons (Fsp3) is 0.364. The van der Waals surface area contributed by atoms with Gasteiger partial charge >= 0.3 is 0 Å². The van der Waals surface area contributed by atoms with E-state index in [-0.39, 0.29) is 24.0 Å². The summed E-state index contributed by atoms with van der Waals surface area (Å²) in [5.74, 6) is -0.632. The van der Waals surface area contributed by atoms with Crippen molar-refractivity contribution in [2.24, 2.45) is 11.1 Å². The lowest BCUT2D eigenvalue weighted by Gasteiger charge is -2.20. The van der Waals surface area contributed by atoms with Crippen LogP contribution in [0.4, 0.5) is 5.69 Å². The summed E-state index contributed by atoms with van der Waals surface area (Å²) in [6.45, 7) is 0.314. The molecule has 0 spiro atoms. The Labute approximate surface area is 138 Å². The lowest BCUT2D eigenvalue weighted by atomic mass is 10.1. The fourth-order valence-corrected chi connectivity index (χ4v) is 5.21. The van der Waals surface area contributed by atoms with E-state index in [4.69, 9.17) is 16.7 Å². The topological polar surface area (TPSA) is 80.5 Å². The van der Waals surface area contributed by atoms with Crippen LogP contribution in [0.5, 0.6) is 0 Å². The maximum atomic E-state index is 12.1. The third-order valence-corrected chi connectivity index (χ3v) is 5.29. The molecule has 0 saturated carbocycles. The van der Waals surface area contributed by atoms with Gasteiger partial charge in [-0.15, -0.1) is 0 Å². The number of primary sulfonamides is 1. The van der Waals surface area contributed by atoms with Crippen LogP contribution in [-0.2, 0) is 14.8 Å². The van der Waals surface area contributed by atoms with E-state index in [2.05, 4.69) is 31.9 Å². The molecule has 9 heteroatoms. The number of carbonyl (C=O) groups excluding carboxylic acids is 1. The van der Waals surface area contributed by atoms with Gasteiger partial charge in [0.1, 0.15) is 0 Å². The second-order valence-electron chi connectivity index (χ2n) is 4.62. The molecule has 1 heterocycles. The highest BCUT2D eigenvalue weighted by atomic mass is 79.9. The normalized spacial score (nSPS) is 19.7. The molecule has 1 aromatic carbocycles. The van der Waals surface area contributed by atoms with Crippen molar-refractivity contribution in [3.63, 3.8) is 0 Å². The molecular weight excluding hydrogens is 435 g/mol. The number of benzene rings is 1. The van der Waals surface area contributed by atoms with E-state index in [1.807, 2.05) is 0 Å². The number of hydrogen-bond acceptors (Lipinski definition) is 3. The molecule has 0 bridgehead atoms. The monoisotopic (exact) mass is 444 g/mol. The van der Waals surface area contributed by atoms with Crippen molar-refractivity contribution >= 4 is 65.1 Å². The first-order chi connectivity index (χ1) is 9.17. The molecule has 0 radical (unpaired) electrons. The lowest BCUT2D eigenvalue weighted by Crippen LogP contribution is -2.28. The second-order valence-corrected chi connectivity index (χ2v) is 8.43. The number of amides is 1. The van der Waals surface area contributed by atoms with Gasteiger partial charge in [0.05, 0.1) is 11.4 Å². The highest BCUT2D eigenvalue weighted by molar-refractivity contribution is 9.11. The van der Waals surface area contributed by atoms with Crippen molar-refractivity contribution in [2.45, 2.75) is 6.42 Å². The zero-order valence-corrected chi connectivity index (χ0v) is 14.9. The molecule has 1 aromatic rings. The predicted molar refractivity (Wildman–Crippen MR) is 85.3 cm³/mol. The second kappa shape index (κ2) is 5.92. The van der Waals surface area contributed by atoms with Gasteiger partial charge in [-0.05, 0) is 44.0 Å². The third kappa shape index (κ3) is 3.73. The number of nitrogens with zero attached hydrogens (tertiary/aromatic N) is 1. The molecule has 1 unspecified atom stereocenters. The third-order valence-electron chi connectivity index (χ3n) is 2.92. The number of nitrogens with two attached hydrogens (primary N) is 1. The van der Waals surface area contributed by atoms with E-state index in [1.165, 1.54) is 0 Å². The van der Waals surface area contributed by atoms with E-state index >= 15 is 0 Å². The summed E-state index contributed by atoms with van der Waals surface area (Å²) in [5, 5.41) is 5.56. The summed E-state index contributed by atoms with van der Waals surface area (Å²) < 4.78 is 23.6. The Morgan fingerprint density at radius 3 is 2.40 bits per heavy atom. The van der Waals surface area contributed by atoms with Gasteiger partial charge in [0.2, 0.25) is 15.9 Å². The van der Waals surface area contributed by atoms with Crippen molar-refractivity contribution in [3.05, 3.63) is 26.1 Å². The van der Waals surface area contributed by atoms with Crippen LogP contribution in [0, 0.1) is 5.92 Å². The standard InChI is InChI=1S/C11H11Br2ClN2O3S/c12-8-2-7(14)3-9(13)11(8)16-4-6(1-10(16)17)5-20(15,18)19/h2-3,6H,1,4-5H2,(H2,15,18,19). The minimum absolute atomic E-state index is 0.137. The van der Waals surface area contributed by atoms with Gasteiger partial charge < -0.3 is 4.90 Å². The average molecular weight is 447 g/mol. The molecule has 5 nitrogen and oxygen atoms in total. The number of rotatable bonds is 3. The number of hydrogen-bond donors (Lipinski definition) is 1. The molecule has 20 heavy (non-hydrogen) atoms. The van der Waals surface area contributed by atoms with Crippen LogP contribution < -0.4 is 10.0 Å². The van der Waals surface area contributed by atoms with Crippen molar-refractivity contribution < 1.29 is 13.2 Å². The minimum Gasteiger partial charge on any atom is -0.310 e. The predicted octanol–water partition coefficient (Wildman–Crippen LogP) is 2.51. The lowest BCUT2D eigenvalue weighted by molar-refractivity contribution is -0.117. The molecule has 1 fully saturated rings. The Hall–Kier alpha value is -0.150. The molecule has 1 atom stereocenters. The van der Waals surface area contributed by atoms with Gasteiger partial charge in [-0.25, -0.2) is 13.6 Å². The Balaban J connectivity index is 2.29. The SMILES string of the molecule is NS(=O)(=O)CC1CC(=O)N(c2c(Br)cc(Cl)cc2Br)C1. The first-order valence-corrected chi connectivity index (χ1v) is 9.30. The van der Waals surface area contributed by atoms with Crippen LogP contribution in [0.1, 0.15) is 6.42 Å². The molecule has 2 rings (SSSR count). The highest BCUT2D eigenvalue weighted by Crippen LogP contribution is 2.39. The van der Waals surface area contributed by atoms with E-state index in [0.29, 0.717) is 26.2 Å². The fourth-order valence-electron chi connectivity index (χ4n) is 2.23. The zero-order valence-electron chi connectivity index (χ0n) is 10.1. The molecule has 1 aliphatic heterocycles. The Morgan fingerprint density at radius 1 is 1.35 bits per heavy atom. The maximum absolute atomic E-state index is 12.1. The molecule has 1 amide bonds. The number of sulfonamides is 1. The van der Waals surface area contributed by atoms with Gasteiger partial charge in [0.25, 0.3) is 0 Å². The van der Waals surface area contributed by atoms with E-state index < -0.39 is 10.0 Å². The molecule has 110 valence electrons. The molecule has 0 aromatic heterocycles. The van der Waals surface area contributed by atoms with E-state index in [9.17, 15) is 13.2 Å². The van der Waals surface area contributed by atoms with E-state index in [1.54, 1.807) is 17.0 Å². The quantitative estimate of drug-likeness (QED) is 0.775. The molecule has 0 aliphatic carbocycles. The van der Waals surface area contributed by atoms with Gasteiger partial charge in [0.15, 0.2) is 0 Å². The summed E-state index contributed by atoms with van der Waals surface area (Å²) in [5.41, 5.74) is 0.649. The summed E-state index contributed by atoms with van der Waals surface area (Å²) in [6.07, 6.45) is 0.165. The summed E-state index contributed by atoms with van der Waals surface area (Å²) >= 11 is 12.7. The van der Waals surface area contributed by atoms with Crippen molar-refractivity contribution in [1.82, 2.24) is 0 Å².